The Balaban J connectivity index is 0.987. The van der Waals surface area contributed by atoms with Crippen molar-refractivity contribution in [1.29, 1.82) is 0 Å². The number of H-pyrrole nitrogens is 1. The van der Waals surface area contributed by atoms with Crippen LogP contribution < -0.4 is 4.90 Å². The zero-order valence-electron chi connectivity index (χ0n) is 39.7. The number of fused-ring (bicyclic) bond motifs is 14. The summed E-state index contributed by atoms with van der Waals surface area (Å²) in [5.41, 5.74) is 16.4. The van der Waals surface area contributed by atoms with Crippen LogP contribution in [0.4, 0.5) is 17.1 Å². The molecule has 0 amide bonds. The summed E-state index contributed by atoms with van der Waals surface area (Å²) in [5, 5.41) is 14.6. The molecule has 74 heavy (non-hydrogen) atoms. The molecule has 17 aromatic rings. The molecule has 0 aliphatic rings. The largest absolute Gasteiger partial charge is 0.454 e. The Labute approximate surface area is 426 Å². The molecule has 0 spiro atoms. The molecule has 0 aliphatic heterocycles. The minimum absolute atomic E-state index is 0.858. The van der Waals surface area contributed by atoms with E-state index in [1.54, 1.807) is 0 Å². The number of anilines is 3. The molecule has 5 aromatic heterocycles. The van der Waals surface area contributed by atoms with E-state index in [4.69, 9.17) is 4.42 Å². The molecule has 0 unspecified atom stereocenters. The van der Waals surface area contributed by atoms with Crippen LogP contribution in [0.25, 0.3) is 141 Å². The van der Waals surface area contributed by atoms with Gasteiger partial charge in [0.15, 0.2) is 5.58 Å². The van der Waals surface area contributed by atoms with Crippen LogP contribution in [-0.2, 0) is 0 Å². The van der Waals surface area contributed by atoms with Gasteiger partial charge in [-0.25, -0.2) is 0 Å². The predicted octanol–water partition coefficient (Wildman–Crippen LogP) is 19.5. The van der Waals surface area contributed by atoms with Crippen molar-refractivity contribution in [2.24, 2.45) is 0 Å². The van der Waals surface area contributed by atoms with Crippen molar-refractivity contribution >= 4 is 147 Å². The zero-order valence-corrected chi connectivity index (χ0v) is 40.5. The van der Waals surface area contributed by atoms with Crippen LogP contribution in [0.2, 0.25) is 0 Å². The minimum Gasteiger partial charge on any atom is -0.454 e. The summed E-state index contributed by atoms with van der Waals surface area (Å²) in [6.07, 6.45) is 0. The van der Waals surface area contributed by atoms with E-state index in [0.717, 1.165) is 72.4 Å². The lowest BCUT2D eigenvalue weighted by molar-refractivity contribution is 0.669. The summed E-state index contributed by atoms with van der Waals surface area (Å²) in [7, 11) is 0. The number of hydrogen-bond donors (Lipinski definition) is 1. The SMILES string of the molecule is c1ccc(-c2ccc(-n3c4cc5c(c6ccc7cc8c9ccccc9[nH]c8c3c7c64)c3cc(N(c4ccc6c(c4)sc4ccccc46)c4cccc6c4oc4ccccc46)ccc3n5-c3ccccc3)cc2)cc1. The molecule has 5 nitrogen and oxygen atoms in total. The lowest BCUT2D eigenvalue weighted by Crippen LogP contribution is -2.10. The topological polar surface area (TPSA) is 42.0 Å². The Morgan fingerprint density at radius 2 is 1.07 bits per heavy atom. The van der Waals surface area contributed by atoms with Crippen molar-refractivity contribution < 1.29 is 4.42 Å². The summed E-state index contributed by atoms with van der Waals surface area (Å²) in [6.45, 7) is 0. The van der Waals surface area contributed by atoms with Crippen molar-refractivity contribution in [3.63, 3.8) is 0 Å². The van der Waals surface area contributed by atoms with Gasteiger partial charge in [-0.3, -0.25) is 0 Å². The molecule has 6 heteroatoms. The number of benzene rings is 12. The average Bonchev–Trinajstić information content (AvgIpc) is 4.40. The molecule has 17 rings (SSSR count). The third kappa shape index (κ3) is 5.52. The van der Waals surface area contributed by atoms with E-state index < -0.39 is 0 Å². The molecule has 0 atom stereocenters. The van der Waals surface area contributed by atoms with Crippen molar-refractivity contribution in [1.82, 2.24) is 14.1 Å². The Morgan fingerprint density at radius 1 is 0.392 bits per heavy atom. The van der Waals surface area contributed by atoms with Gasteiger partial charge in [-0.15, -0.1) is 11.3 Å². The molecule has 0 radical (unpaired) electrons. The van der Waals surface area contributed by atoms with Gasteiger partial charge < -0.3 is 23.4 Å². The Bertz CT molecular complexity index is 5130. The maximum atomic E-state index is 6.86. The first kappa shape index (κ1) is 40.0. The van der Waals surface area contributed by atoms with E-state index in [0.29, 0.717) is 0 Å². The normalized spacial score (nSPS) is 12.3. The molecule has 0 fully saturated rings. The van der Waals surface area contributed by atoms with Crippen LogP contribution in [0.15, 0.2) is 241 Å². The van der Waals surface area contributed by atoms with E-state index in [1.165, 1.54) is 85.4 Å². The Kier molecular flexibility index (Phi) is 8.09. The number of aromatic amines is 1. The fourth-order valence-corrected chi connectivity index (χ4v) is 13.7. The molecule has 12 aromatic carbocycles. The highest BCUT2D eigenvalue weighted by Crippen LogP contribution is 2.51. The van der Waals surface area contributed by atoms with E-state index in [2.05, 4.69) is 256 Å². The first-order valence-electron chi connectivity index (χ1n) is 25.2. The Morgan fingerprint density at radius 3 is 1.95 bits per heavy atom. The van der Waals surface area contributed by atoms with Gasteiger partial charge in [0, 0.05) is 91.5 Å². The number of nitrogens with zero attached hydrogens (tertiary/aromatic N) is 3. The molecule has 0 aliphatic carbocycles. The Hall–Kier alpha value is -9.62. The lowest BCUT2D eigenvalue weighted by atomic mass is 9.96. The van der Waals surface area contributed by atoms with E-state index >= 15 is 0 Å². The number of thiophene rings is 1. The summed E-state index contributed by atoms with van der Waals surface area (Å²) in [5.74, 6) is 0. The molecule has 1 N–H and O–H groups in total. The van der Waals surface area contributed by atoms with E-state index in [1.807, 2.05) is 11.3 Å². The maximum Gasteiger partial charge on any atom is 0.159 e. The monoisotopic (exact) mass is 960 g/mol. The first-order valence-corrected chi connectivity index (χ1v) is 26.1. The van der Waals surface area contributed by atoms with Gasteiger partial charge in [0.2, 0.25) is 0 Å². The standard InChI is InChI=1S/C68H40N4OS/c1-3-14-40(15-4-1)41-26-29-44(30-27-41)72-59-39-58-64(52-33-28-42-36-53-47-18-7-10-22-55(47)69-66(53)67(72)63(42)65(52)59)54-37-45(32-35-56(54)71(58)43-16-5-2-6-17-43)70(46-31-34-50-49-20-9-12-25-61(49)74-62(50)38-46)57-23-13-21-51-48-19-8-11-24-60(48)73-68(51)57/h1-39,69H. The van der Waals surface area contributed by atoms with Gasteiger partial charge in [-0.1, -0.05) is 146 Å². The van der Waals surface area contributed by atoms with Crippen LogP contribution in [0.3, 0.4) is 0 Å². The van der Waals surface area contributed by atoms with Gasteiger partial charge in [-0.05, 0) is 113 Å². The second-order valence-corrected chi connectivity index (χ2v) is 20.8. The molecule has 0 saturated heterocycles. The van der Waals surface area contributed by atoms with Crippen LogP contribution in [0.1, 0.15) is 0 Å². The van der Waals surface area contributed by atoms with Crippen molar-refractivity contribution in [3.8, 4) is 22.5 Å². The van der Waals surface area contributed by atoms with Crippen LogP contribution in [-0.4, -0.2) is 14.1 Å². The number of aromatic nitrogens is 3. The fourth-order valence-electron chi connectivity index (χ4n) is 12.6. The third-order valence-corrected chi connectivity index (χ3v) is 16.9. The number of furan rings is 1. The fraction of sp³-hybridized carbons (Fsp3) is 0. The highest BCUT2D eigenvalue weighted by atomic mass is 32.1. The predicted molar refractivity (Wildman–Crippen MR) is 313 cm³/mol. The van der Waals surface area contributed by atoms with E-state index in [-0.39, 0.29) is 0 Å². The molecular weight excluding hydrogens is 921 g/mol. The highest BCUT2D eigenvalue weighted by molar-refractivity contribution is 7.25. The summed E-state index contributed by atoms with van der Waals surface area (Å²) in [6, 6.07) is 86.7. The van der Waals surface area contributed by atoms with Crippen molar-refractivity contribution in [2.75, 3.05) is 4.90 Å². The average molecular weight is 961 g/mol. The van der Waals surface area contributed by atoms with Crippen LogP contribution >= 0.6 is 11.3 Å². The quantitative estimate of drug-likeness (QED) is 0.169. The maximum absolute atomic E-state index is 6.86. The van der Waals surface area contributed by atoms with E-state index in [9.17, 15) is 0 Å². The van der Waals surface area contributed by atoms with Crippen molar-refractivity contribution in [3.05, 3.63) is 237 Å². The van der Waals surface area contributed by atoms with Gasteiger partial charge in [0.1, 0.15) is 5.58 Å². The number of nitrogens with one attached hydrogen (secondary N) is 1. The van der Waals surface area contributed by atoms with Gasteiger partial charge in [0.05, 0.1) is 33.3 Å². The first-order chi connectivity index (χ1) is 36.7. The number of hydrogen-bond acceptors (Lipinski definition) is 3. The summed E-state index contributed by atoms with van der Waals surface area (Å²) in [4.78, 5) is 6.34. The van der Waals surface area contributed by atoms with Gasteiger partial charge in [0.25, 0.3) is 0 Å². The molecule has 0 bridgehead atoms. The summed E-state index contributed by atoms with van der Waals surface area (Å²) >= 11 is 1.84. The minimum atomic E-state index is 0.858. The smallest absolute Gasteiger partial charge is 0.159 e. The molecule has 0 saturated carbocycles. The number of para-hydroxylation sites is 4. The third-order valence-electron chi connectivity index (χ3n) is 15.8. The lowest BCUT2D eigenvalue weighted by Gasteiger charge is -2.26. The zero-order chi connectivity index (χ0) is 48.2. The number of rotatable bonds is 6. The van der Waals surface area contributed by atoms with Crippen LogP contribution in [0, 0.1) is 0 Å². The second kappa shape index (κ2) is 15.0. The molecular formula is C68H40N4OS. The molecule has 344 valence electrons. The summed E-state index contributed by atoms with van der Waals surface area (Å²) < 4.78 is 14.4. The molecule has 5 heterocycles. The van der Waals surface area contributed by atoms with Crippen LogP contribution in [0.5, 0.6) is 0 Å². The van der Waals surface area contributed by atoms with Gasteiger partial charge in [-0.2, -0.15) is 0 Å². The second-order valence-electron chi connectivity index (χ2n) is 19.7. The van der Waals surface area contributed by atoms with Crippen molar-refractivity contribution in [2.45, 2.75) is 0 Å². The highest BCUT2D eigenvalue weighted by Gasteiger charge is 2.27. The van der Waals surface area contributed by atoms with Gasteiger partial charge >= 0.3 is 0 Å².